The first-order valence-corrected chi connectivity index (χ1v) is 17.5. The zero-order valence-electron chi connectivity index (χ0n) is 22.5. The molecule has 2 aliphatic rings. The van der Waals surface area contributed by atoms with Crippen LogP contribution >= 0.6 is 23.2 Å². The number of hydrogen-bond donors (Lipinski definition) is 0. The Balaban J connectivity index is 1.32. The van der Waals surface area contributed by atoms with E-state index in [0.29, 0.717) is 28.0 Å². The Bertz CT molecular complexity index is 1570. The van der Waals surface area contributed by atoms with Gasteiger partial charge in [0.1, 0.15) is 0 Å². The number of hydrogen-bond acceptors (Lipinski definition) is 5. The van der Waals surface area contributed by atoms with E-state index in [0.717, 1.165) is 50.0 Å². The molecule has 1 fully saturated rings. The molecule has 2 aliphatic heterocycles. The van der Waals surface area contributed by atoms with E-state index in [-0.39, 0.29) is 22.0 Å². The van der Waals surface area contributed by atoms with Crippen molar-refractivity contribution in [3.8, 4) is 0 Å². The molecule has 0 amide bonds. The SMILES string of the molecule is CCN(CC(CCN1CCC2(CC1)CS(=O)(=O)c1ccccc12)c1ccc(Cl)c(Cl)c1)S(=O)(=O)c1ccccc1. The maximum Gasteiger partial charge on any atom is 0.243 e. The monoisotopic (exact) mass is 620 g/mol. The summed E-state index contributed by atoms with van der Waals surface area (Å²) in [6, 6.07) is 21.5. The van der Waals surface area contributed by atoms with Crippen LogP contribution in [0.25, 0.3) is 0 Å². The number of piperidine rings is 1. The molecular formula is C30H34Cl2N2O4S2. The molecule has 2 heterocycles. The molecule has 6 nitrogen and oxygen atoms in total. The summed E-state index contributed by atoms with van der Waals surface area (Å²) in [5.41, 5.74) is 1.59. The Kier molecular flexibility index (Phi) is 8.67. The van der Waals surface area contributed by atoms with Crippen LogP contribution in [-0.2, 0) is 25.3 Å². The van der Waals surface area contributed by atoms with Crippen molar-refractivity contribution < 1.29 is 16.8 Å². The average Bonchev–Trinajstić information content (AvgIpc) is 3.17. The number of nitrogens with zero attached hydrogens (tertiary/aromatic N) is 2. The number of halogens is 2. The Morgan fingerprint density at radius 3 is 2.30 bits per heavy atom. The molecule has 40 heavy (non-hydrogen) atoms. The number of fused-ring (bicyclic) bond motifs is 2. The van der Waals surface area contributed by atoms with E-state index in [2.05, 4.69) is 4.90 Å². The number of benzene rings is 3. The van der Waals surface area contributed by atoms with Gasteiger partial charge < -0.3 is 4.90 Å². The summed E-state index contributed by atoms with van der Waals surface area (Å²) in [5, 5.41) is 0.903. The number of likely N-dealkylation sites (N-methyl/N-ethyl adjacent to an activating group) is 1. The fourth-order valence-electron chi connectivity index (χ4n) is 6.17. The lowest BCUT2D eigenvalue weighted by atomic mass is 9.74. The predicted octanol–water partition coefficient (Wildman–Crippen LogP) is 6.00. The second-order valence-corrected chi connectivity index (χ2v) is 15.5. The maximum atomic E-state index is 13.5. The largest absolute Gasteiger partial charge is 0.303 e. The van der Waals surface area contributed by atoms with Crippen molar-refractivity contribution in [1.82, 2.24) is 9.21 Å². The highest BCUT2D eigenvalue weighted by Crippen LogP contribution is 2.46. The molecule has 3 aromatic carbocycles. The molecule has 1 spiro atoms. The summed E-state index contributed by atoms with van der Waals surface area (Å²) < 4.78 is 54.2. The van der Waals surface area contributed by atoms with Gasteiger partial charge in [0.2, 0.25) is 10.0 Å². The van der Waals surface area contributed by atoms with E-state index in [1.165, 1.54) is 4.31 Å². The van der Waals surface area contributed by atoms with Crippen LogP contribution in [0.4, 0.5) is 0 Å². The van der Waals surface area contributed by atoms with E-state index >= 15 is 0 Å². The molecule has 3 aromatic rings. The first-order chi connectivity index (χ1) is 19.1. The Hall–Kier alpha value is -1.94. The fraction of sp³-hybridized carbons (Fsp3) is 0.400. The minimum Gasteiger partial charge on any atom is -0.303 e. The van der Waals surface area contributed by atoms with E-state index in [1.54, 1.807) is 48.5 Å². The number of sulfone groups is 1. The zero-order chi connectivity index (χ0) is 28.5. The fourth-order valence-corrected chi connectivity index (χ4v) is 10.2. The van der Waals surface area contributed by atoms with Crippen LogP contribution in [0.3, 0.4) is 0 Å². The molecule has 0 aliphatic carbocycles. The van der Waals surface area contributed by atoms with Crippen molar-refractivity contribution in [2.75, 3.05) is 38.5 Å². The van der Waals surface area contributed by atoms with E-state index in [4.69, 9.17) is 23.2 Å². The van der Waals surface area contributed by atoms with Crippen molar-refractivity contribution in [2.45, 2.75) is 47.3 Å². The smallest absolute Gasteiger partial charge is 0.243 e. The van der Waals surface area contributed by atoms with Gasteiger partial charge in [-0.2, -0.15) is 4.31 Å². The van der Waals surface area contributed by atoms with Gasteiger partial charge >= 0.3 is 0 Å². The van der Waals surface area contributed by atoms with Crippen molar-refractivity contribution in [2.24, 2.45) is 0 Å². The lowest BCUT2D eigenvalue weighted by Gasteiger charge is -2.40. The topological polar surface area (TPSA) is 74.8 Å². The van der Waals surface area contributed by atoms with E-state index in [9.17, 15) is 16.8 Å². The molecule has 1 atom stereocenters. The molecule has 0 bridgehead atoms. The molecule has 0 saturated carbocycles. The summed E-state index contributed by atoms with van der Waals surface area (Å²) in [7, 11) is -6.92. The van der Waals surface area contributed by atoms with Crippen LogP contribution in [0.5, 0.6) is 0 Å². The summed E-state index contributed by atoms with van der Waals surface area (Å²) in [6.07, 6.45) is 2.29. The third-order valence-corrected chi connectivity index (χ3v) is 13.1. The minimum absolute atomic E-state index is 0.100. The van der Waals surface area contributed by atoms with Crippen LogP contribution in [0.1, 0.15) is 43.2 Å². The molecule has 214 valence electrons. The number of likely N-dealkylation sites (tertiary alicyclic amines) is 1. The lowest BCUT2D eigenvalue weighted by Crippen LogP contribution is -2.44. The minimum atomic E-state index is -3.67. The molecular weight excluding hydrogens is 587 g/mol. The Labute approximate surface area is 247 Å². The normalized spacial score (nSPS) is 19.1. The van der Waals surface area contributed by atoms with Crippen LogP contribution in [0.2, 0.25) is 10.0 Å². The standard InChI is InChI=1S/C30H34Cl2N2O4S2/c1-2-34(40(37,38)25-8-4-3-5-9-25)21-24(23-12-13-27(31)28(32)20-23)14-17-33-18-15-30(16-19-33)22-39(35,36)29-11-7-6-10-26(29)30/h3-13,20,24H,2,14-19,21-22H2,1H3. The highest BCUT2D eigenvalue weighted by molar-refractivity contribution is 7.91. The van der Waals surface area contributed by atoms with Crippen LogP contribution in [0, 0.1) is 0 Å². The Morgan fingerprint density at radius 2 is 1.62 bits per heavy atom. The van der Waals surface area contributed by atoms with Gasteiger partial charge in [-0.05, 0) is 86.3 Å². The first-order valence-electron chi connectivity index (χ1n) is 13.6. The second-order valence-electron chi connectivity index (χ2n) is 10.8. The van der Waals surface area contributed by atoms with Gasteiger partial charge in [-0.25, -0.2) is 16.8 Å². The van der Waals surface area contributed by atoms with Gasteiger partial charge in [-0.15, -0.1) is 0 Å². The predicted molar refractivity (Wildman–Crippen MR) is 161 cm³/mol. The van der Waals surface area contributed by atoms with Crippen molar-refractivity contribution in [1.29, 1.82) is 0 Å². The van der Waals surface area contributed by atoms with Gasteiger partial charge in [0, 0.05) is 18.5 Å². The highest BCUT2D eigenvalue weighted by atomic mass is 35.5. The summed E-state index contributed by atoms with van der Waals surface area (Å²) in [5.74, 6) is 0.0821. The summed E-state index contributed by atoms with van der Waals surface area (Å²) in [6.45, 7) is 4.85. The third-order valence-electron chi connectivity index (χ3n) is 8.44. The van der Waals surface area contributed by atoms with Gasteiger partial charge in [-0.1, -0.05) is 72.6 Å². The quantitative estimate of drug-likeness (QED) is 0.293. The van der Waals surface area contributed by atoms with Crippen LogP contribution in [0.15, 0.2) is 82.6 Å². The van der Waals surface area contributed by atoms with Gasteiger partial charge in [-0.3, -0.25) is 0 Å². The van der Waals surface area contributed by atoms with Crippen molar-refractivity contribution >= 4 is 43.1 Å². The van der Waals surface area contributed by atoms with Crippen molar-refractivity contribution in [3.05, 3.63) is 94.0 Å². The third kappa shape index (κ3) is 5.85. The highest BCUT2D eigenvalue weighted by Gasteiger charge is 2.48. The van der Waals surface area contributed by atoms with Gasteiger partial charge in [0.05, 0.1) is 25.6 Å². The zero-order valence-corrected chi connectivity index (χ0v) is 25.6. The van der Waals surface area contributed by atoms with Crippen LogP contribution in [-0.4, -0.2) is 64.5 Å². The molecule has 0 N–H and O–H groups in total. The van der Waals surface area contributed by atoms with Gasteiger partial charge in [0.25, 0.3) is 0 Å². The second kappa shape index (κ2) is 11.7. The first kappa shape index (κ1) is 29.5. The molecule has 0 radical (unpaired) electrons. The Morgan fingerprint density at radius 1 is 0.950 bits per heavy atom. The molecule has 1 unspecified atom stereocenters. The number of sulfonamides is 1. The summed E-state index contributed by atoms with van der Waals surface area (Å²) >= 11 is 12.6. The molecule has 0 aromatic heterocycles. The van der Waals surface area contributed by atoms with E-state index < -0.39 is 19.9 Å². The molecule has 5 rings (SSSR count). The van der Waals surface area contributed by atoms with Crippen molar-refractivity contribution in [3.63, 3.8) is 0 Å². The number of rotatable bonds is 9. The molecule has 10 heteroatoms. The summed E-state index contributed by atoms with van der Waals surface area (Å²) in [4.78, 5) is 3.13. The lowest BCUT2D eigenvalue weighted by molar-refractivity contribution is 0.165. The maximum absolute atomic E-state index is 13.5. The molecule has 1 saturated heterocycles. The van der Waals surface area contributed by atoms with Gasteiger partial charge in [0.15, 0.2) is 9.84 Å². The average molecular weight is 622 g/mol. The van der Waals surface area contributed by atoms with Crippen LogP contribution < -0.4 is 0 Å². The van der Waals surface area contributed by atoms with E-state index in [1.807, 2.05) is 31.2 Å².